The summed E-state index contributed by atoms with van der Waals surface area (Å²) in [5, 5.41) is 4.31. The smallest absolute Gasteiger partial charge is 0.250 e. The van der Waals surface area contributed by atoms with E-state index in [1.807, 2.05) is 24.3 Å². The molecule has 1 fully saturated rings. The zero-order chi connectivity index (χ0) is 20.9. The van der Waals surface area contributed by atoms with E-state index < -0.39 is 5.91 Å². The molecule has 3 aromatic rings. The molecule has 1 amide bonds. The molecule has 0 saturated carbocycles. The number of amides is 1. The Hall–Kier alpha value is -3.23. The van der Waals surface area contributed by atoms with Crippen LogP contribution in [0.4, 0.5) is 11.5 Å². The van der Waals surface area contributed by atoms with Gasteiger partial charge in [-0.15, -0.1) is 0 Å². The predicted molar refractivity (Wildman–Crippen MR) is 117 cm³/mol. The van der Waals surface area contributed by atoms with E-state index >= 15 is 0 Å². The number of morpholine rings is 1. The molecule has 0 unspecified atom stereocenters. The van der Waals surface area contributed by atoms with Crippen LogP contribution in [0.2, 0.25) is 0 Å². The van der Waals surface area contributed by atoms with E-state index in [0.717, 1.165) is 50.2 Å². The van der Waals surface area contributed by atoms with E-state index in [4.69, 9.17) is 16.2 Å². The lowest BCUT2D eigenvalue weighted by Gasteiger charge is -2.29. The number of hydrogen-bond acceptors (Lipinski definition) is 7. The normalized spacial score (nSPS) is 15.7. The fourth-order valence-electron chi connectivity index (χ4n) is 3.80. The molecule has 1 atom stereocenters. The first-order valence-corrected chi connectivity index (χ1v) is 10.1. The second-order valence-corrected chi connectivity index (χ2v) is 7.40. The lowest BCUT2D eigenvalue weighted by atomic mass is 10.0. The van der Waals surface area contributed by atoms with Crippen molar-refractivity contribution in [3.8, 4) is 0 Å². The van der Waals surface area contributed by atoms with Crippen LogP contribution in [0, 0.1) is 0 Å². The molecule has 0 spiro atoms. The maximum atomic E-state index is 11.8. The summed E-state index contributed by atoms with van der Waals surface area (Å²) in [4.78, 5) is 22.9. The van der Waals surface area contributed by atoms with Crippen LogP contribution in [0.5, 0.6) is 0 Å². The van der Waals surface area contributed by atoms with Crippen molar-refractivity contribution in [2.24, 2.45) is 5.73 Å². The lowest BCUT2D eigenvalue weighted by Crippen LogP contribution is -2.37. The van der Waals surface area contributed by atoms with E-state index in [0.29, 0.717) is 22.6 Å². The molecule has 8 heteroatoms. The molecular weight excluding hydrogens is 380 g/mol. The highest BCUT2D eigenvalue weighted by Gasteiger charge is 2.18. The maximum absolute atomic E-state index is 11.8. The fraction of sp³-hybridized carbons (Fsp3) is 0.318. The van der Waals surface area contributed by atoms with Crippen molar-refractivity contribution in [3.63, 3.8) is 0 Å². The number of primary amides is 1. The van der Waals surface area contributed by atoms with Crippen molar-refractivity contribution in [3.05, 3.63) is 59.9 Å². The minimum atomic E-state index is -0.509. The quantitative estimate of drug-likeness (QED) is 0.515. The van der Waals surface area contributed by atoms with Gasteiger partial charge in [0.2, 0.25) is 0 Å². The molecule has 1 saturated heterocycles. The van der Waals surface area contributed by atoms with Crippen LogP contribution in [-0.4, -0.2) is 53.6 Å². The minimum absolute atomic E-state index is 0.00770. The molecular formula is C22H26N6O2. The number of ether oxygens (including phenoxy) is 1. The summed E-state index contributed by atoms with van der Waals surface area (Å²) in [6.07, 6.45) is 2.32. The number of nitrogen functional groups attached to an aromatic ring is 1. The second-order valence-electron chi connectivity index (χ2n) is 7.40. The first kappa shape index (κ1) is 20.1. The summed E-state index contributed by atoms with van der Waals surface area (Å²) in [5.41, 5.74) is 14.3. The number of aromatic nitrogens is 2. The predicted octanol–water partition coefficient (Wildman–Crippen LogP) is 2.19. The molecule has 156 valence electrons. The molecule has 2 aromatic carbocycles. The SMILES string of the molecule is NC(=O)c1cccc2c(N[C@H](CCN3CCOCC3)c3cccc(N)c3)ncnc12. The zero-order valence-corrected chi connectivity index (χ0v) is 16.8. The number of hydrogen-bond donors (Lipinski definition) is 3. The number of anilines is 2. The molecule has 0 aliphatic carbocycles. The fourth-order valence-corrected chi connectivity index (χ4v) is 3.80. The van der Waals surface area contributed by atoms with Gasteiger partial charge in [-0.25, -0.2) is 9.97 Å². The molecule has 5 N–H and O–H groups in total. The number of nitrogens with zero attached hydrogens (tertiary/aromatic N) is 3. The molecule has 30 heavy (non-hydrogen) atoms. The number of nitrogens with two attached hydrogens (primary N) is 2. The number of carbonyl (C=O) groups excluding carboxylic acids is 1. The molecule has 2 heterocycles. The molecule has 0 radical (unpaired) electrons. The van der Waals surface area contributed by atoms with Gasteiger partial charge in [0, 0.05) is 30.7 Å². The van der Waals surface area contributed by atoms with Crippen molar-refractivity contribution >= 4 is 28.3 Å². The number of carbonyl (C=O) groups is 1. The summed E-state index contributed by atoms with van der Waals surface area (Å²) in [6.45, 7) is 4.32. The van der Waals surface area contributed by atoms with Gasteiger partial charge in [0.25, 0.3) is 5.91 Å². The standard InChI is InChI=1S/C22H26N6O2/c23-16-4-1-3-15(13-16)19(7-8-28-9-11-30-12-10-28)27-22-18-6-2-5-17(21(24)29)20(18)25-14-26-22/h1-6,13-14,19H,7-12,23H2,(H2,24,29)(H,25,26,27)/t19-/m1/s1. The Kier molecular flexibility index (Phi) is 6.06. The van der Waals surface area contributed by atoms with Gasteiger partial charge in [0.05, 0.1) is 30.3 Å². The Morgan fingerprint density at radius 2 is 1.97 bits per heavy atom. The average Bonchev–Trinajstić information content (AvgIpc) is 2.77. The maximum Gasteiger partial charge on any atom is 0.250 e. The highest BCUT2D eigenvalue weighted by atomic mass is 16.5. The van der Waals surface area contributed by atoms with E-state index in [9.17, 15) is 4.79 Å². The van der Waals surface area contributed by atoms with Crippen LogP contribution >= 0.6 is 0 Å². The summed E-state index contributed by atoms with van der Waals surface area (Å²) in [5.74, 6) is 0.155. The van der Waals surface area contributed by atoms with Crippen molar-refractivity contribution in [2.45, 2.75) is 12.5 Å². The van der Waals surface area contributed by atoms with E-state index in [-0.39, 0.29) is 6.04 Å². The molecule has 1 aromatic heterocycles. The largest absolute Gasteiger partial charge is 0.399 e. The number of nitrogens with one attached hydrogen (secondary N) is 1. The van der Waals surface area contributed by atoms with E-state index in [1.54, 1.807) is 12.1 Å². The topological polar surface area (TPSA) is 119 Å². The first-order chi connectivity index (χ1) is 14.6. The summed E-state index contributed by atoms with van der Waals surface area (Å²) < 4.78 is 5.45. The molecule has 0 bridgehead atoms. The van der Waals surface area contributed by atoms with Crippen LogP contribution in [0.15, 0.2) is 48.8 Å². The van der Waals surface area contributed by atoms with Crippen LogP contribution in [0.3, 0.4) is 0 Å². The Morgan fingerprint density at radius 3 is 2.73 bits per heavy atom. The van der Waals surface area contributed by atoms with Crippen molar-refractivity contribution in [1.82, 2.24) is 14.9 Å². The van der Waals surface area contributed by atoms with Gasteiger partial charge in [0.1, 0.15) is 12.1 Å². The van der Waals surface area contributed by atoms with Gasteiger partial charge in [0.15, 0.2) is 0 Å². The van der Waals surface area contributed by atoms with Gasteiger partial charge >= 0.3 is 0 Å². The average molecular weight is 406 g/mol. The van der Waals surface area contributed by atoms with Crippen LogP contribution in [0.1, 0.15) is 28.4 Å². The van der Waals surface area contributed by atoms with Gasteiger partial charge in [-0.3, -0.25) is 9.69 Å². The number of rotatable bonds is 7. The third-order valence-electron chi connectivity index (χ3n) is 5.39. The van der Waals surface area contributed by atoms with E-state index in [2.05, 4.69) is 26.3 Å². The zero-order valence-electron chi connectivity index (χ0n) is 16.8. The molecule has 8 nitrogen and oxygen atoms in total. The number of fused-ring (bicyclic) bond motifs is 1. The summed E-state index contributed by atoms with van der Waals surface area (Å²) in [6, 6.07) is 13.2. The highest BCUT2D eigenvalue weighted by Crippen LogP contribution is 2.28. The Bertz CT molecular complexity index is 1040. The Balaban J connectivity index is 1.64. The Labute approximate surface area is 175 Å². The van der Waals surface area contributed by atoms with Gasteiger partial charge in [-0.1, -0.05) is 18.2 Å². The second kappa shape index (κ2) is 9.06. The summed E-state index contributed by atoms with van der Waals surface area (Å²) in [7, 11) is 0. The van der Waals surface area contributed by atoms with E-state index in [1.165, 1.54) is 6.33 Å². The van der Waals surface area contributed by atoms with Gasteiger partial charge < -0.3 is 21.5 Å². The molecule has 1 aliphatic heterocycles. The minimum Gasteiger partial charge on any atom is -0.399 e. The summed E-state index contributed by atoms with van der Waals surface area (Å²) >= 11 is 0. The van der Waals surface area contributed by atoms with Crippen molar-refractivity contribution < 1.29 is 9.53 Å². The van der Waals surface area contributed by atoms with Crippen LogP contribution in [0.25, 0.3) is 10.9 Å². The van der Waals surface area contributed by atoms with Crippen molar-refractivity contribution in [1.29, 1.82) is 0 Å². The highest BCUT2D eigenvalue weighted by molar-refractivity contribution is 6.06. The number of benzene rings is 2. The number of para-hydroxylation sites is 1. The first-order valence-electron chi connectivity index (χ1n) is 10.1. The molecule has 4 rings (SSSR count). The molecule has 1 aliphatic rings. The third-order valence-corrected chi connectivity index (χ3v) is 5.39. The lowest BCUT2D eigenvalue weighted by molar-refractivity contribution is 0.0368. The monoisotopic (exact) mass is 406 g/mol. The van der Waals surface area contributed by atoms with Crippen LogP contribution < -0.4 is 16.8 Å². The third kappa shape index (κ3) is 4.50. The van der Waals surface area contributed by atoms with Gasteiger partial charge in [-0.05, 0) is 36.2 Å². The van der Waals surface area contributed by atoms with Gasteiger partial charge in [-0.2, -0.15) is 0 Å². The Morgan fingerprint density at radius 1 is 1.17 bits per heavy atom. The van der Waals surface area contributed by atoms with Crippen LogP contribution in [-0.2, 0) is 4.74 Å². The van der Waals surface area contributed by atoms with Crippen molar-refractivity contribution in [2.75, 3.05) is 43.9 Å².